The molecule has 140 valence electrons. The lowest BCUT2D eigenvalue weighted by Gasteiger charge is -2.15. The van der Waals surface area contributed by atoms with Crippen molar-refractivity contribution < 1.29 is 36.9 Å². The zero-order valence-corrected chi connectivity index (χ0v) is 13.6. The van der Waals surface area contributed by atoms with E-state index in [9.17, 15) is 27.2 Å². The summed E-state index contributed by atoms with van der Waals surface area (Å²) in [5.74, 6) is -1.68. The number of halogens is 5. The number of ether oxygens (including phenoxy) is 2. The first-order valence-electron chi connectivity index (χ1n) is 6.79. The van der Waals surface area contributed by atoms with Gasteiger partial charge < -0.3 is 14.6 Å². The molecule has 0 aliphatic rings. The Morgan fingerprint density at radius 3 is 2.54 bits per heavy atom. The van der Waals surface area contributed by atoms with Crippen LogP contribution in [-0.4, -0.2) is 27.4 Å². The van der Waals surface area contributed by atoms with Gasteiger partial charge in [0.2, 0.25) is 0 Å². The van der Waals surface area contributed by atoms with Crippen LogP contribution >= 0.6 is 11.6 Å². The van der Waals surface area contributed by atoms with Crippen LogP contribution in [0, 0.1) is 5.82 Å². The fraction of sp³-hybridized carbons (Fsp3) is 0.214. The highest BCUT2D eigenvalue weighted by molar-refractivity contribution is 6.32. The average molecular weight is 397 g/mol. The van der Waals surface area contributed by atoms with E-state index < -0.39 is 51.9 Å². The molecule has 1 N–H and O–H groups in total. The molecule has 0 fully saturated rings. The van der Waals surface area contributed by atoms with Crippen molar-refractivity contribution in [3.8, 4) is 17.4 Å². The number of carbonyl (C=O) groups is 1. The molecule has 0 aliphatic heterocycles. The van der Waals surface area contributed by atoms with Crippen molar-refractivity contribution in [2.75, 3.05) is 6.61 Å². The van der Waals surface area contributed by atoms with Gasteiger partial charge in [0.05, 0.1) is 17.3 Å². The van der Waals surface area contributed by atoms with E-state index in [4.69, 9.17) is 21.4 Å². The molecular weight excluding hydrogens is 388 g/mol. The van der Waals surface area contributed by atoms with Crippen LogP contribution in [0.5, 0.6) is 11.8 Å². The minimum atomic E-state index is -4.93. The molecule has 1 aromatic carbocycles. The Morgan fingerprint density at radius 1 is 1.35 bits per heavy atom. The molecular formula is C14H9ClF4N2O5. The first kappa shape index (κ1) is 19.5. The highest BCUT2D eigenvalue weighted by atomic mass is 35.5. The molecule has 0 saturated heterocycles. The van der Waals surface area contributed by atoms with Crippen molar-refractivity contribution in [3.05, 3.63) is 45.1 Å². The van der Waals surface area contributed by atoms with Crippen molar-refractivity contribution in [3.63, 3.8) is 0 Å². The Kier molecular flexibility index (Phi) is 5.40. The normalized spacial score (nSPS) is 11.3. The minimum Gasteiger partial charge on any atom is -0.465 e. The summed E-state index contributed by atoms with van der Waals surface area (Å²) in [5, 5.41) is 8.21. The van der Waals surface area contributed by atoms with E-state index in [2.05, 4.69) is 9.72 Å². The number of alkyl halides is 3. The molecule has 1 heterocycles. The van der Waals surface area contributed by atoms with Crippen LogP contribution in [0.1, 0.15) is 12.6 Å². The van der Waals surface area contributed by atoms with Crippen LogP contribution in [0.25, 0.3) is 5.69 Å². The molecule has 0 radical (unpaired) electrons. The Bertz CT molecular complexity index is 913. The van der Waals surface area contributed by atoms with Gasteiger partial charge in [0.15, 0.2) is 11.4 Å². The van der Waals surface area contributed by atoms with E-state index in [0.29, 0.717) is 10.6 Å². The fourth-order valence-electron chi connectivity index (χ4n) is 1.92. The molecule has 0 spiro atoms. The fourth-order valence-corrected chi connectivity index (χ4v) is 2.10. The SMILES string of the molecule is CCOc1nc(C(F)(F)F)cc(=O)n1-c1cc(OC(=O)O)c(Cl)cc1F. The summed E-state index contributed by atoms with van der Waals surface area (Å²) in [6.45, 7) is 1.23. The summed E-state index contributed by atoms with van der Waals surface area (Å²) in [6, 6.07) is 0.670. The van der Waals surface area contributed by atoms with Gasteiger partial charge in [-0.3, -0.25) is 4.79 Å². The third-order valence-electron chi connectivity index (χ3n) is 2.89. The summed E-state index contributed by atoms with van der Waals surface area (Å²) >= 11 is 5.65. The largest absolute Gasteiger partial charge is 0.511 e. The average Bonchev–Trinajstić information content (AvgIpc) is 2.49. The van der Waals surface area contributed by atoms with Crippen LogP contribution < -0.4 is 15.0 Å². The Balaban J connectivity index is 2.75. The second-order valence-corrected chi connectivity index (χ2v) is 5.04. The van der Waals surface area contributed by atoms with E-state index in [1.54, 1.807) is 0 Å². The van der Waals surface area contributed by atoms with E-state index in [1.165, 1.54) is 6.92 Å². The molecule has 1 aromatic heterocycles. The Labute approximate surface area is 147 Å². The van der Waals surface area contributed by atoms with Gasteiger partial charge in [0.25, 0.3) is 5.56 Å². The predicted molar refractivity (Wildman–Crippen MR) is 79.6 cm³/mol. The van der Waals surface area contributed by atoms with Crippen LogP contribution in [0.3, 0.4) is 0 Å². The van der Waals surface area contributed by atoms with Crippen LogP contribution in [0.4, 0.5) is 22.4 Å². The molecule has 7 nitrogen and oxygen atoms in total. The number of aromatic nitrogens is 2. The van der Waals surface area contributed by atoms with Crippen molar-refractivity contribution in [2.24, 2.45) is 0 Å². The maximum atomic E-state index is 14.2. The van der Waals surface area contributed by atoms with E-state index in [0.717, 1.165) is 6.07 Å². The number of rotatable bonds is 4. The highest BCUT2D eigenvalue weighted by Crippen LogP contribution is 2.32. The lowest BCUT2D eigenvalue weighted by atomic mass is 10.2. The van der Waals surface area contributed by atoms with Crippen LogP contribution in [-0.2, 0) is 6.18 Å². The monoisotopic (exact) mass is 396 g/mol. The first-order chi connectivity index (χ1) is 12.0. The van der Waals surface area contributed by atoms with Gasteiger partial charge in [-0.2, -0.15) is 18.2 Å². The second kappa shape index (κ2) is 7.20. The summed E-state index contributed by atoms with van der Waals surface area (Å²) < 4.78 is 62.3. The summed E-state index contributed by atoms with van der Waals surface area (Å²) in [7, 11) is 0. The zero-order valence-electron chi connectivity index (χ0n) is 12.8. The minimum absolute atomic E-state index is 0.147. The lowest BCUT2D eigenvalue weighted by molar-refractivity contribution is -0.141. The molecule has 0 bridgehead atoms. The maximum Gasteiger partial charge on any atom is 0.511 e. The van der Waals surface area contributed by atoms with Gasteiger partial charge in [0, 0.05) is 12.1 Å². The van der Waals surface area contributed by atoms with Gasteiger partial charge in [-0.1, -0.05) is 11.6 Å². The predicted octanol–water partition coefficient (Wildman–Crippen LogP) is 3.50. The van der Waals surface area contributed by atoms with E-state index in [1.807, 2.05) is 0 Å². The Hall–Kier alpha value is -2.82. The molecule has 2 rings (SSSR count). The van der Waals surface area contributed by atoms with Gasteiger partial charge in [-0.05, 0) is 13.0 Å². The molecule has 0 aliphatic carbocycles. The lowest BCUT2D eigenvalue weighted by Crippen LogP contribution is -2.26. The molecule has 2 aromatic rings. The molecule has 26 heavy (non-hydrogen) atoms. The quantitative estimate of drug-likeness (QED) is 0.483. The topological polar surface area (TPSA) is 90.6 Å². The third-order valence-corrected chi connectivity index (χ3v) is 3.19. The van der Waals surface area contributed by atoms with Gasteiger partial charge in [0.1, 0.15) is 5.82 Å². The van der Waals surface area contributed by atoms with Crippen molar-refractivity contribution in [1.82, 2.24) is 9.55 Å². The van der Waals surface area contributed by atoms with Gasteiger partial charge >= 0.3 is 18.3 Å². The molecule has 12 heteroatoms. The van der Waals surface area contributed by atoms with Gasteiger partial charge in [-0.25, -0.2) is 13.8 Å². The zero-order chi connectivity index (χ0) is 19.6. The number of nitrogens with zero attached hydrogens (tertiary/aromatic N) is 2. The summed E-state index contributed by atoms with van der Waals surface area (Å²) in [6.07, 6.45) is -6.70. The maximum absolute atomic E-state index is 14.2. The first-order valence-corrected chi connectivity index (χ1v) is 7.16. The number of hydrogen-bond acceptors (Lipinski definition) is 5. The Morgan fingerprint density at radius 2 is 2.00 bits per heavy atom. The molecule has 0 atom stereocenters. The molecule has 0 saturated carbocycles. The van der Waals surface area contributed by atoms with E-state index in [-0.39, 0.29) is 12.7 Å². The van der Waals surface area contributed by atoms with Crippen molar-refractivity contribution in [2.45, 2.75) is 13.1 Å². The van der Waals surface area contributed by atoms with Crippen LogP contribution in [0.15, 0.2) is 23.0 Å². The second-order valence-electron chi connectivity index (χ2n) is 4.63. The summed E-state index contributed by atoms with van der Waals surface area (Å²) in [4.78, 5) is 26.0. The molecule has 0 amide bonds. The van der Waals surface area contributed by atoms with Crippen LogP contribution in [0.2, 0.25) is 5.02 Å². The van der Waals surface area contributed by atoms with E-state index >= 15 is 0 Å². The molecule has 0 unspecified atom stereocenters. The standard InChI is InChI=1S/C14H9ClF4N2O5/c1-2-25-12-20-10(14(17,18)19)5-11(22)21(12)8-4-9(26-13(23)24)6(15)3-7(8)16/h3-5H,2H2,1H3,(H,23,24). The number of carboxylic acid groups (broad SMARTS) is 1. The third kappa shape index (κ3) is 4.04. The van der Waals surface area contributed by atoms with Crippen molar-refractivity contribution in [1.29, 1.82) is 0 Å². The highest BCUT2D eigenvalue weighted by Gasteiger charge is 2.35. The number of hydrogen-bond donors (Lipinski definition) is 1. The van der Waals surface area contributed by atoms with Gasteiger partial charge in [-0.15, -0.1) is 0 Å². The number of benzene rings is 1. The summed E-state index contributed by atoms with van der Waals surface area (Å²) in [5.41, 5.74) is -3.49. The smallest absolute Gasteiger partial charge is 0.465 e. The van der Waals surface area contributed by atoms with Crippen molar-refractivity contribution >= 4 is 17.8 Å².